The van der Waals surface area contributed by atoms with Crippen molar-refractivity contribution in [1.82, 2.24) is 19.6 Å². The number of nitrogens with one attached hydrogen (secondary N) is 1. The summed E-state index contributed by atoms with van der Waals surface area (Å²) in [5.74, 6) is 1.25. The molecule has 2 aromatic rings. The number of aromatic nitrogens is 4. The molecule has 0 spiro atoms. The second-order valence-corrected chi connectivity index (χ2v) is 4.65. The number of hydrogen-bond acceptors (Lipinski definition) is 5. The van der Waals surface area contributed by atoms with Gasteiger partial charge < -0.3 is 14.5 Å². The van der Waals surface area contributed by atoms with Gasteiger partial charge in [-0.15, -0.1) is 5.10 Å². The van der Waals surface area contributed by atoms with E-state index < -0.39 is 6.29 Å². The maximum absolute atomic E-state index is 12.1. The van der Waals surface area contributed by atoms with Crippen molar-refractivity contribution in [3.05, 3.63) is 28.2 Å². The Hall–Kier alpha value is -1.73. The highest BCUT2D eigenvalue weighted by atomic mass is 16.7. The van der Waals surface area contributed by atoms with Gasteiger partial charge in [0.05, 0.1) is 6.20 Å². The fourth-order valence-electron chi connectivity index (χ4n) is 1.94. The van der Waals surface area contributed by atoms with Crippen molar-refractivity contribution >= 4 is 5.52 Å². The van der Waals surface area contributed by atoms with Gasteiger partial charge in [0.1, 0.15) is 5.82 Å². The highest BCUT2D eigenvalue weighted by Gasteiger charge is 2.18. The van der Waals surface area contributed by atoms with Crippen LogP contribution in [0.4, 0.5) is 0 Å². The van der Waals surface area contributed by atoms with Gasteiger partial charge in [-0.25, -0.2) is 9.50 Å². The number of ether oxygens (including phenoxy) is 2. The Bertz CT molecular complexity index is 626. The molecule has 0 aliphatic rings. The monoisotopic (exact) mass is 280 g/mol. The summed E-state index contributed by atoms with van der Waals surface area (Å²) < 4.78 is 12.5. The van der Waals surface area contributed by atoms with E-state index in [1.165, 1.54) is 6.20 Å². The summed E-state index contributed by atoms with van der Waals surface area (Å²) in [7, 11) is 0. The van der Waals surface area contributed by atoms with Crippen molar-refractivity contribution < 1.29 is 9.47 Å². The lowest BCUT2D eigenvalue weighted by molar-refractivity contribution is -0.145. The van der Waals surface area contributed by atoms with Crippen LogP contribution in [0, 0.1) is 0 Å². The van der Waals surface area contributed by atoms with Crippen LogP contribution in [-0.4, -0.2) is 32.8 Å². The Morgan fingerprint density at radius 2 is 1.95 bits per heavy atom. The normalized spacial score (nSPS) is 11.9. The number of fused-ring (bicyclic) bond motifs is 1. The minimum Gasteiger partial charge on any atom is -0.346 e. The largest absolute Gasteiger partial charge is 0.346 e. The van der Waals surface area contributed by atoms with Gasteiger partial charge in [0.15, 0.2) is 11.3 Å². The van der Waals surface area contributed by atoms with Crippen LogP contribution in [-0.2, 0) is 9.47 Å². The minimum absolute atomic E-state index is 0.164. The quantitative estimate of drug-likeness (QED) is 0.813. The SMILES string of the molecule is CCOC(OCC)c1nn2c(C(C)C)ncc2c(=O)[nH]1. The molecule has 7 nitrogen and oxygen atoms in total. The Balaban J connectivity index is 2.54. The molecule has 0 unspecified atom stereocenters. The van der Waals surface area contributed by atoms with Crippen LogP contribution in [0.1, 0.15) is 51.6 Å². The lowest BCUT2D eigenvalue weighted by Crippen LogP contribution is -2.22. The van der Waals surface area contributed by atoms with Crippen LogP contribution in [0.15, 0.2) is 11.0 Å². The number of aromatic amines is 1. The van der Waals surface area contributed by atoms with Gasteiger partial charge in [-0.3, -0.25) is 4.79 Å². The molecule has 2 heterocycles. The Morgan fingerprint density at radius 3 is 2.50 bits per heavy atom. The lowest BCUT2D eigenvalue weighted by Gasteiger charge is -2.16. The van der Waals surface area contributed by atoms with Crippen LogP contribution < -0.4 is 5.56 Å². The average molecular weight is 280 g/mol. The van der Waals surface area contributed by atoms with Crippen molar-refractivity contribution in [3.63, 3.8) is 0 Å². The summed E-state index contributed by atoms with van der Waals surface area (Å²) in [6.45, 7) is 8.65. The van der Waals surface area contributed by atoms with Crippen LogP contribution in [0.5, 0.6) is 0 Å². The summed E-state index contributed by atoms with van der Waals surface area (Å²) in [6, 6.07) is 0. The molecular weight excluding hydrogens is 260 g/mol. The molecule has 0 saturated carbocycles. The molecule has 1 N–H and O–H groups in total. The lowest BCUT2D eigenvalue weighted by atomic mass is 10.2. The number of rotatable bonds is 6. The topological polar surface area (TPSA) is 81.5 Å². The second kappa shape index (κ2) is 6.15. The smallest absolute Gasteiger partial charge is 0.277 e. The molecule has 2 rings (SSSR count). The van der Waals surface area contributed by atoms with Gasteiger partial charge in [0, 0.05) is 19.1 Å². The summed E-state index contributed by atoms with van der Waals surface area (Å²) in [5, 5.41) is 4.40. The van der Waals surface area contributed by atoms with Crippen molar-refractivity contribution in [1.29, 1.82) is 0 Å². The van der Waals surface area contributed by atoms with Gasteiger partial charge in [0.25, 0.3) is 5.56 Å². The molecule has 7 heteroatoms. The third-order valence-electron chi connectivity index (χ3n) is 2.82. The molecular formula is C13H20N4O3. The van der Waals surface area contributed by atoms with Crippen LogP contribution in [0.2, 0.25) is 0 Å². The predicted octanol–water partition coefficient (Wildman–Crippen LogP) is 1.61. The van der Waals surface area contributed by atoms with Gasteiger partial charge in [-0.2, -0.15) is 0 Å². The summed E-state index contributed by atoms with van der Waals surface area (Å²) in [4.78, 5) is 19.0. The van der Waals surface area contributed by atoms with E-state index in [1.54, 1.807) is 4.52 Å². The molecule has 0 radical (unpaired) electrons. The maximum Gasteiger partial charge on any atom is 0.277 e. The van der Waals surface area contributed by atoms with E-state index in [4.69, 9.17) is 9.47 Å². The molecule has 0 atom stereocenters. The summed E-state index contributed by atoms with van der Waals surface area (Å²) in [5.41, 5.74) is 0.169. The number of nitrogens with zero attached hydrogens (tertiary/aromatic N) is 3. The van der Waals surface area contributed by atoms with Gasteiger partial charge in [0.2, 0.25) is 6.29 Å². The van der Waals surface area contributed by atoms with Crippen molar-refractivity contribution in [2.24, 2.45) is 0 Å². The fraction of sp³-hybridized carbons (Fsp3) is 0.615. The van der Waals surface area contributed by atoms with E-state index in [2.05, 4.69) is 15.1 Å². The first-order chi connectivity index (χ1) is 9.58. The first-order valence-corrected chi connectivity index (χ1v) is 6.79. The van der Waals surface area contributed by atoms with Crippen LogP contribution in [0.3, 0.4) is 0 Å². The first-order valence-electron chi connectivity index (χ1n) is 6.79. The first kappa shape index (κ1) is 14.7. The van der Waals surface area contributed by atoms with Crippen molar-refractivity contribution in [3.8, 4) is 0 Å². The van der Waals surface area contributed by atoms with E-state index in [0.29, 0.717) is 24.6 Å². The Labute approximate surface area is 116 Å². The Kier molecular flexibility index (Phi) is 4.51. The van der Waals surface area contributed by atoms with Crippen LogP contribution in [0.25, 0.3) is 5.52 Å². The highest BCUT2D eigenvalue weighted by Crippen LogP contribution is 2.16. The molecule has 2 aromatic heterocycles. The summed E-state index contributed by atoms with van der Waals surface area (Å²) in [6.07, 6.45) is 0.853. The molecule has 110 valence electrons. The van der Waals surface area contributed by atoms with Crippen LogP contribution >= 0.6 is 0 Å². The molecule has 0 saturated heterocycles. The number of hydrogen-bond donors (Lipinski definition) is 1. The second-order valence-electron chi connectivity index (χ2n) is 4.65. The molecule has 0 amide bonds. The zero-order valence-electron chi connectivity index (χ0n) is 12.2. The van der Waals surface area contributed by atoms with Gasteiger partial charge >= 0.3 is 0 Å². The molecule has 0 bridgehead atoms. The average Bonchev–Trinajstić information content (AvgIpc) is 2.83. The third-order valence-corrected chi connectivity index (χ3v) is 2.82. The molecule has 0 aliphatic carbocycles. The van der Waals surface area contributed by atoms with E-state index in [1.807, 2.05) is 27.7 Å². The van der Waals surface area contributed by atoms with Gasteiger partial charge in [-0.1, -0.05) is 13.8 Å². The highest BCUT2D eigenvalue weighted by molar-refractivity contribution is 5.42. The Morgan fingerprint density at radius 1 is 1.30 bits per heavy atom. The summed E-state index contributed by atoms with van der Waals surface area (Å²) >= 11 is 0. The standard InChI is InChI=1S/C13H20N4O3/c1-5-19-13(20-6-2)10-15-12(18)9-7-14-11(8(3)4)17(9)16-10/h7-8,13H,5-6H2,1-4H3,(H,15,16,18). The van der Waals surface area contributed by atoms with E-state index >= 15 is 0 Å². The molecule has 0 aromatic carbocycles. The van der Waals surface area contributed by atoms with E-state index in [0.717, 1.165) is 5.82 Å². The molecule has 20 heavy (non-hydrogen) atoms. The van der Waals surface area contributed by atoms with Crippen molar-refractivity contribution in [2.75, 3.05) is 13.2 Å². The third kappa shape index (κ3) is 2.73. The molecule has 0 aliphatic heterocycles. The van der Waals surface area contributed by atoms with E-state index in [9.17, 15) is 4.79 Å². The molecule has 0 fully saturated rings. The fourth-order valence-corrected chi connectivity index (χ4v) is 1.94. The van der Waals surface area contributed by atoms with E-state index in [-0.39, 0.29) is 11.5 Å². The number of imidazole rings is 1. The zero-order valence-corrected chi connectivity index (χ0v) is 12.2. The maximum atomic E-state index is 12.1. The zero-order chi connectivity index (χ0) is 14.7. The minimum atomic E-state index is -0.676. The van der Waals surface area contributed by atoms with Crippen molar-refractivity contribution in [2.45, 2.75) is 39.9 Å². The number of H-pyrrole nitrogens is 1. The predicted molar refractivity (Wildman–Crippen MR) is 73.7 cm³/mol. The van der Waals surface area contributed by atoms with Gasteiger partial charge in [-0.05, 0) is 13.8 Å².